The zero-order valence-electron chi connectivity index (χ0n) is 22.6. The lowest BCUT2D eigenvalue weighted by molar-refractivity contribution is -0.125. The number of fused-ring (bicyclic) bond motifs is 3. The largest absolute Gasteiger partial charge is 0.352 e. The fraction of sp³-hybridized carbons (Fsp3) is 0.533. The molecule has 2 aliphatic rings. The summed E-state index contributed by atoms with van der Waals surface area (Å²) in [6.07, 6.45) is 4.97. The second kappa shape index (κ2) is 12.5. The van der Waals surface area contributed by atoms with Crippen molar-refractivity contribution in [3.05, 3.63) is 59.7 Å². The number of carbonyl (C=O) groups is 2. The summed E-state index contributed by atoms with van der Waals surface area (Å²) < 4.78 is 14.3. The van der Waals surface area contributed by atoms with Gasteiger partial charge in [0.2, 0.25) is 11.8 Å². The van der Waals surface area contributed by atoms with Crippen LogP contribution in [0.15, 0.2) is 48.5 Å². The second-order valence-electron chi connectivity index (χ2n) is 11.3. The van der Waals surface area contributed by atoms with Crippen LogP contribution in [0.4, 0.5) is 4.39 Å². The minimum Gasteiger partial charge on any atom is -0.352 e. The molecule has 0 aromatic heterocycles. The lowest BCUT2D eigenvalue weighted by Gasteiger charge is -2.32. The molecule has 2 amide bonds. The number of unbranched alkanes of at least 4 members (excludes halogenated alkanes) is 1. The van der Waals surface area contributed by atoms with Crippen LogP contribution in [0.3, 0.4) is 0 Å². The molecule has 5 nitrogen and oxygen atoms in total. The first-order valence-electron chi connectivity index (χ1n) is 13.9. The Balaban J connectivity index is 1.41. The van der Waals surface area contributed by atoms with E-state index in [1.54, 1.807) is 0 Å². The Labute approximate surface area is 231 Å². The van der Waals surface area contributed by atoms with Crippen LogP contribution in [0.1, 0.15) is 63.5 Å². The monoisotopic (exact) mass is 557 g/mol. The molecule has 1 aliphatic carbocycles. The van der Waals surface area contributed by atoms with Crippen LogP contribution in [-0.4, -0.2) is 54.1 Å². The summed E-state index contributed by atoms with van der Waals surface area (Å²) in [5.41, 5.74) is 3.32. The third kappa shape index (κ3) is 6.82. The van der Waals surface area contributed by atoms with Crippen LogP contribution in [0.5, 0.6) is 0 Å². The van der Waals surface area contributed by atoms with Crippen LogP contribution < -0.4 is 10.6 Å². The van der Waals surface area contributed by atoms with E-state index >= 15 is 0 Å². The van der Waals surface area contributed by atoms with Gasteiger partial charge in [-0.15, -0.1) is 0 Å². The summed E-state index contributed by atoms with van der Waals surface area (Å²) in [7, 11) is 4.27. The number of halogens is 1. The fourth-order valence-corrected chi connectivity index (χ4v) is 6.12. The summed E-state index contributed by atoms with van der Waals surface area (Å²) in [5, 5.41) is 4.46. The first-order valence-corrected chi connectivity index (χ1v) is 15.0. The third-order valence-electron chi connectivity index (χ3n) is 7.83. The number of nitrogens with one attached hydrogen (secondary N) is 2. The number of carbonyl (C=O) groups excluding carboxylic acids is 2. The van der Waals surface area contributed by atoms with Gasteiger partial charge in [-0.3, -0.25) is 9.59 Å². The highest BCUT2D eigenvalue weighted by Gasteiger charge is 2.48. The smallest absolute Gasteiger partial charge is 0.235 e. The Morgan fingerprint density at radius 1 is 1.08 bits per heavy atom. The maximum Gasteiger partial charge on any atom is 0.235 e. The fourth-order valence-electron chi connectivity index (χ4n) is 5.92. The summed E-state index contributed by atoms with van der Waals surface area (Å²) in [5.74, 6) is 0.545. The summed E-state index contributed by atoms with van der Waals surface area (Å²) >= 11 is 0. The van der Waals surface area contributed by atoms with Gasteiger partial charge in [-0.25, -0.2) is 4.39 Å². The lowest BCUT2D eigenvalue weighted by Crippen LogP contribution is -2.46. The van der Waals surface area contributed by atoms with E-state index < -0.39 is 10.6 Å². The highest BCUT2D eigenvalue weighted by atomic mass is 31.1. The molecular formula is C30H42FN3O2P2. The van der Waals surface area contributed by atoms with Gasteiger partial charge in [0.1, 0.15) is 5.41 Å². The number of amides is 2. The maximum atomic E-state index is 14.3. The molecule has 38 heavy (non-hydrogen) atoms. The van der Waals surface area contributed by atoms with Crippen LogP contribution in [0.2, 0.25) is 0 Å². The van der Waals surface area contributed by atoms with Crippen molar-refractivity contribution in [1.82, 2.24) is 15.5 Å². The van der Waals surface area contributed by atoms with Crippen molar-refractivity contribution >= 4 is 30.3 Å². The van der Waals surface area contributed by atoms with Crippen molar-refractivity contribution in [3.63, 3.8) is 0 Å². The van der Waals surface area contributed by atoms with Crippen molar-refractivity contribution in [2.45, 2.75) is 69.0 Å². The van der Waals surface area contributed by atoms with E-state index in [2.05, 4.69) is 60.0 Å². The molecular weight excluding hydrogens is 515 g/mol. The summed E-state index contributed by atoms with van der Waals surface area (Å²) in [6, 6.07) is 16.5. The number of rotatable bonds is 12. The van der Waals surface area contributed by atoms with Gasteiger partial charge in [0, 0.05) is 25.6 Å². The second-order valence-corrected chi connectivity index (χ2v) is 13.9. The molecule has 0 bridgehead atoms. The molecule has 206 valence electrons. The van der Waals surface area contributed by atoms with Gasteiger partial charge >= 0.3 is 0 Å². The molecule has 1 heterocycles. The number of nitrogens with zero attached hydrogens (tertiary/aromatic N) is 1. The first kappa shape index (κ1) is 29.1. The van der Waals surface area contributed by atoms with Gasteiger partial charge in [-0.2, -0.15) is 0 Å². The standard InChI is InChI=1S/C30H42FN3O2P2/c1-21(2)13-14-27(35)33-22-15-18-34(19-22)17-8-7-16-29(28(36)32-20-30(31,37)38)25-11-5-3-9-23(25)24-10-4-6-12-26(24)29/h3-6,9-12,21-22H,7-8,13-20,37-38H2,1-2H3,(H,32,36)(H,33,35). The van der Waals surface area contributed by atoms with E-state index in [0.717, 1.165) is 67.6 Å². The maximum absolute atomic E-state index is 14.3. The molecule has 1 aliphatic heterocycles. The third-order valence-corrected chi connectivity index (χ3v) is 8.24. The molecule has 1 fully saturated rings. The predicted molar refractivity (Wildman–Crippen MR) is 160 cm³/mol. The molecule has 0 saturated carbocycles. The van der Waals surface area contributed by atoms with Gasteiger partial charge in [-0.05, 0) is 60.4 Å². The van der Waals surface area contributed by atoms with E-state index in [9.17, 15) is 14.0 Å². The Morgan fingerprint density at radius 3 is 2.32 bits per heavy atom. The van der Waals surface area contributed by atoms with Crippen LogP contribution in [0, 0.1) is 5.92 Å². The minimum atomic E-state index is -1.65. The van der Waals surface area contributed by atoms with Crippen molar-refractivity contribution in [3.8, 4) is 11.1 Å². The zero-order chi connectivity index (χ0) is 27.3. The van der Waals surface area contributed by atoms with Crippen LogP contribution >= 0.6 is 18.5 Å². The topological polar surface area (TPSA) is 61.4 Å². The number of likely N-dealkylation sites (tertiary alicyclic amines) is 1. The molecule has 3 atom stereocenters. The van der Waals surface area contributed by atoms with Crippen molar-refractivity contribution in [1.29, 1.82) is 0 Å². The van der Waals surface area contributed by atoms with Gasteiger partial charge in [-0.1, -0.05) is 87.3 Å². The van der Waals surface area contributed by atoms with E-state index in [-0.39, 0.29) is 24.4 Å². The Bertz CT molecular complexity index is 1090. The van der Waals surface area contributed by atoms with Gasteiger partial charge in [0.05, 0.1) is 6.54 Å². The van der Waals surface area contributed by atoms with Crippen molar-refractivity contribution < 1.29 is 14.0 Å². The summed E-state index contributed by atoms with van der Waals surface area (Å²) in [6.45, 7) is 6.98. The number of alkyl halides is 1. The SMILES string of the molecule is CC(C)CCC(=O)NC1CCN(CCCCC2(C(=O)NCC(F)(P)P)c3ccccc3-c3ccccc32)C1. The Hall–Kier alpha value is -1.87. The molecule has 3 unspecified atom stereocenters. The van der Waals surface area contributed by atoms with Crippen molar-refractivity contribution in [2.24, 2.45) is 5.92 Å². The van der Waals surface area contributed by atoms with Crippen LogP contribution in [0.25, 0.3) is 11.1 Å². The Kier molecular flexibility index (Phi) is 9.61. The number of hydrogen-bond donors (Lipinski definition) is 2. The molecule has 4 rings (SSSR count). The number of benzene rings is 2. The number of hydrogen-bond acceptors (Lipinski definition) is 3. The molecule has 8 heteroatoms. The lowest BCUT2D eigenvalue weighted by atomic mass is 9.73. The normalized spacial score (nSPS) is 18.3. The van der Waals surface area contributed by atoms with E-state index in [0.29, 0.717) is 18.8 Å². The minimum absolute atomic E-state index is 0.0920. The molecule has 1 saturated heterocycles. The molecule has 2 aromatic rings. The highest BCUT2D eigenvalue weighted by Crippen LogP contribution is 2.51. The summed E-state index contributed by atoms with van der Waals surface area (Å²) in [4.78, 5) is 28.5. The van der Waals surface area contributed by atoms with E-state index in [4.69, 9.17) is 0 Å². The molecule has 0 radical (unpaired) electrons. The highest BCUT2D eigenvalue weighted by molar-refractivity contribution is 7.39. The van der Waals surface area contributed by atoms with Gasteiger partial charge in [0.25, 0.3) is 0 Å². The molecule has 0 spiro atoms. The van der Waals surface area contributed by atoms with Crippen molar-refractivity contribution in [2.75, 3.05) is 26.2 Å². The van der Waals surface area contributed by atoms with Crippen LogP contribution in [-0.2, 0) is 15.0 Å². The Morgan fingerprint density at radius 2 is 1.71 bits per heavy atom. The first-order chi connectivity index (χ1) is 18.1. The molecule has 2 N–H and O–H groups in total. The van der Waals surface area contributed by atoms with Gasteiger partial charge < -0.3 is 15.5 Å². The molecule has 2 aromatic carbocycles. The zero-order valence-corrected chi connectivity index (χ0v) is 25.0. The predicted octanol–water partition coefficient (Wildman–Crippen LogP) is 5.24. The average molecular weight is 558 g/mol. The quantitative estimate of drug-likeness (QED) is 0.277. The van der Waals surface area contributed by atoms with E-state index in [1.165, 1.54) is 0 Å². The van der Waals surface area contributed by atoms with Gasteiger partial charge in [0.15, 0.2) is 5.15 Å². The van der Waals surface area contributed by atoms with E-state index in [1.807, 2.05) is 36.4 Å². The average Bonchev–Trinajstić information content (AvgIpc) is 3.44.